The topological polar surface area (TPSA) is 92.8 Å². The molecule has 0 radical (unpaired) electrons. The maximum atomic E-state index is 12.7. The highest BCUT2D eigenvalue weighted by Gasteiger charge is 2.27. The summed E-state index contributed by atoms with van der Waals surface area (Å²) < 4.78 is 60.1. The quantitative estimate of drug-likeness (QED) is 0.625. The van der Waals surface area contributed by atoms with Gasteiger partial charge in [-0.25, -0.2) is 16.8 Å². The fourth-order valence-electron chi connectivity index (χ4n) is 3.43. The Labute approximate surface area is 179 Å². The van der Waals surface area contributed by atoms with Crippen molar-refractivity contribution in [3.05, 3.63) is 48.0 Å². The molecule has 2 aromatic carbocycles. The number of aryl methyl sites for hydroxylation is 1. The first-order valence-electron chi connectivity index (χ1n) is 10.2. The molecule has 1 N–H and O–H groups in total. The van der Waals surface area contributed by atoms with Gasteiger partial charge in [0.05, 0.1) is 22.9 Å². The molecule has 1 aliphatic heterocycles. The summed E-state index contributed by atoms with van der Waals surface area (Å²) in [6, 6.07) is 11.3. The molecule has 0 spiro atoms. The lowest BCUT2D eigenvalue weighted by Crippen LogP contribution is -2.37. The van der Waals surface area contributed by atoms with Crippen LogP contribution in [-0.4, -0.2) is 35.7 Å². The second-order valence-electron chi connectivity index (χ2n) is 7.26. The van der Waals surface area contributed by atoms with Gasteiger partial charge in [0.25, 0.3) is 10.0 Å². The van der Waals surface area contributed by atoms with Gasteiger partial charge in [0.15, 0.2) is 0 Å². The number of rotatable bonds is 9. The Balaban J connectivity index is 1.81. The van der Waals surface area contributed by atoms with Crippen molar-refractivity contribution in [3.8, 4) is 5.75 Å². The van der Waals surface area contributed by atoms with Crippen LogP contribution in [0.5, 0.6) is 5.75 Å². The molecular formula is C21H28N2O5S2. The van der Waals surface area contributed by atoms with Gasteiger partial charge in [-0.2, -0.15) is 0 Å². The predicted molar refractivity (Wildman–Crippen MR) is 119 cm³/mol. The lowest BCUT2D eigenvalue weighted by Gasteiger charge is -2.30. The molecule has 0 fully saturated rings. The predicted octanol–water partition coefficient (Wildman–Crippen LogP) is 3.77. The average Bonchev–Trinajstić information content (AvgIpc) is 2.71. The summed E-state index contributed by atoms with van der Waals surface area (Å²) in [7, 11) is -7.13. The standard InChI is InChI=1S/C21H28N2O5S2/c1-3-14-28-19-8-10-20(11-9-19)30(26,27)22-18-7-12-21-17(16-18)6-5-13-23(21)29(24,25)15-4-2/h7-12,16,22H,3-6,13-15H2,1-2H3. The number of hydrogen-bond donors (Lipinski definition) is 1. The summed E-state index contributed by atoms with van der Waals surface area (Å²) >= 11 is 0. The highest BCUT2D eigenvalue weighted by molar-refractivity contribution is 7.93. The fraction of sp³-hybridized carbons (Fsp3) is 0.429. The summed E-state index contributed by atoms with van der Waals surface area (Å²) in [6.07, 6.45) is 2.82. The first-order valence-corrected chi connectivity index (χ1v) is 13.2. The van der Waals surface area contributed by atoms with E-state index in [1.165, 1.54) is 16.4 Å². The summed E-state index contributed by atoms with van der Waals surface area (Å²) in [5, 5.41) is 0. The van der Waals surface area contributed by atoms with E-state index in [2.05, 4.69) is 4.72 Å². The van der Waals surface area contributed by atoms with Crippen molar-refractivity contribution < 1.29 is 21.6 Å². The summed E-state index contributed by atoms with van der Waals surface area (Å²) in [6.45, 7) is 4.86. The second kappa shape index (κ2) is 9.26. The Kier molecular flexibility index (Phi) is 6.92. The van der Waals surface area contributed by atoms with Crippen molar-refractivity contribution in [1.29, 1.82) is 0 Å². The molecule has 0 amide bonds. The third-order valence-electron chi connectivity index (χ3n) is 4.81. The van der Waals surface area contributed by atoms with E-state index >= 15 is 0 Å². The Hall–Kier alpha value is -2.26. The zero-order valence-electron chi connectivity index (χ0n) is 17.3. The molecule has 30 heavy (non-hydrogen) atoms. The minimum atomic E-state index is -3.77. The molecule has 0 saturated carbocycles. The van der Waals surface area contributed by atoms with Crippen LogP contribution >= 0.6 is 0 Å². The van der Waals surface area contributed by atoms with E-state index in [0.717, 1.165) is 12.0 Å². The SMILES string of the molecule is CCCOc1ccc(S(=O)(=O)Nc2ccc3c(c2)CCCN3S(=O)(=O)CCC)cc1. The van der Waals surface area contributed by atoms with Crippen LogP contribution in [0.4, 0.5) is 11.4 Å². The second-order valence-corrected chi connectivity index (χ2v) is 11.0. The Morgan fingerprint density at radius 3 is 2.40 bits per heavy atom. The smallest absolute Gasteiger partial charge is 0.261 e. The normalized spacial score (nSPS) is 14.3. The molecular weight excluding hydrogens is 424 g/mol. The van der Waals surface area contributed by atoms with Crippen molar-refractivity contribution in [3.63, 3.8) is 0 Å². The van der Waals surface area contributed by atoms with Crippen LogP contribution in [0, 0.1) is 0 Å². The molecule has 0 saturated heterocycles. The molecule has 0 atom stereocenters. The van der Waals surface area contributed by atoms with Crippen molar-refractivity contribution in [1.82, 2.24) is 0 Å². The molecule has 0 bridgehead atoms. The van der Waals surface area contributed by atoms with Crippen LogP contribution in [0.2, 0.25) is 0 Å². The molecule has 1 heterocycles. The molecule has 0 aliphatic carbocycles. The van der Waals surface area contributed by atoms with Gasteiger partial charge in [-0.1, -0.05) is 13.8 Å². The van der Waals surface area contributed by atoms with E-state index in [-0.39, 0.29) is 10.6 Å². The summed E-state index contributed by atoms with van der Waals surface area (Å²) in [4.78, 5) is 0.135. The van der Waals surface area contributed by atoms with E-state index < -0.39 is 20.0 Å². The molecule has 164 valence electrons. The maximum absolute atomic E-state index is 12.7. The van der Waals surface area contributed by atoms with Crippen molar-refractivity contribution in [2.24, 2.45) is 0 Å². The molecule has 0 aromatic heterocycles. The van der Waals surface area contributed by atoms with Gasteiger partial charge in [-0.15, -0.1) is 0 Å². The third-order valence-corrected chi connectivity index (χ3v) is 8.18. The zero-order chi connectivity index (χ0) is 21.8. The Morgan fingerprint density at radius 1 is 1.00 bits per heavy atom. The van der Waals surface area contributed by atoms with Crippen LogP contribution in [0.3, 0.4) is 0 Å². The molecule has 3 rings (SSSR count). The first kappa shape index (κ1) is 22.4. The monoisotopic (exact) mass is 452 g/mol. The molecule has 0 unspecified atom stereocenters. The van der Waals surface area contributed by atoms with Gasteiger partial charge in [0, 0.05) is 12.2 Å². The third kappa shape index (κ3) is 5.07. The van der Waals surface area contributed by atoms with Gasteiger partial charge in [0.2, 0.25) is 10.0 Å². The van der Waals surface area contributed by atoms with E-state index in [1.807, 2.05) is 13.8 Å². The molecule has 1 aliphatic rings. The van der Waals surface area contributed by atoms with Gasteiger partial charge >= 0.3 is 0 Å². The lowest BCUT2D eigenvalue weighted by molar-refractivity contribution is 0.317. The number of nitrogens with one attached hydrogen (secondary N) is 1. The van der Waals surface area contributed by atoms with Gasteiger partial charge in [-0.3, -0.25) is 9.03 Å². The minimum Gasteiger partial charge on any atom is -0.494 e. The molecule has 9 heteroatoms. The number of anilines is 2. The zero-order valence-corrected chi connectivity index (χ0v) is 18.9. The average molecular weight is 453 g/mol. The highest BCUT2D eigenvalue weighted by Crippen LogP contribution is 2.32. The number of benzene rings is 2. The van der Waals surface area contributed by atoms with Crippen molar-refractivity contribution >= 4 is 31.4 Å². The lowest BCUT2D eigenvalue weighted by atomic mass is 10.0. The van der Waals surface area contributed by atoms with Crippen LogP contribution in [0.1, 0.15) is 38.7 Å². The van der Waals surface area contributed by atoms with Crippen LogP contribution in [0.15, 0.2) is 47.4 Å². The number of hydrogen-bond acceptors (Lipinski definition) is 5. The largest absolute Gasteiger partial charge is 0.494 e. The Bertz CT molecular complexity index is 1080. The maximum Gasteiger partial charge on any atom is 0.261 e. The van der Waals surface area contributed by atoms with Crippen LogP contribution in [-0.2, 0) is 26.5 Å². The summed E-state index contributed by atoms with van der Waals surface area (Å²) in [5.41, 5.74) is 1.87. The van der Waals surface area contributed by atoms with Gasteiger partial charge in [0.1, 0.15) is 5.75 Å². The van der Waals surface area contributed by atoms with E-state index in [1.54, 1.807) is 30.3 Å². The van der Waals surface area contributed by atoms with Gasteiger partial charge < -0.3 is 4.74 Å². The fourth-order valence-corrected chi connectivity index (χ4v) is 6.10. The molecule has 2 aromatic rings. The van der Waals surface area contributed by atoms with E-state index in [4.69, 9.17) is 4.74 Å². The van der Waals surface area contributed by atoms with E-state index in [9.17, 15) is 16.8 Å². The summed E-state index contributed by atoms with van der Waals surface area (Å²) in [5.74, 6) is 0.719. The molecule has 7 nitrogen and oxygen atoms in total. The van der Waals surface area contributed by atoms with Crippen molar-refractivity contribution in [2.45, 2.75) is 44.4 Å². The Morgan fingerprint density at radius 2 is 1.73 bits per heavy atom. The van der Waals surface area contributed by atoms with Crippen molar-refractivity contribution in [2.75, 3.05) is 27.9 Å². The van der Waals surface area contributed by atoms with Crippen LogP contribution < -0.4 is 13.8 Å². The van der Waals surface area contributed by atoms with Gasteiger partial charge in [-0.05, 0) is 73.7 Å². The van der Waals surface area contributed by atoms with E-state index in [0.29, 0.717) is 49.5 Å². The van der Waals surface area contributed by atoms with Crippen LogP contribution in [0.25, 0.3) is 0 Å². The number of fused-ring (bicyclic) bond motifs is 1. The highest BCUT2D eigenvalue weighted by atomic mass is 32.2. The number of ether oxygens (including phenoxy) is 1. The number of nitrogens with zero attached hydrogens (tertiary/aromatic N) is 1. The first-order chi connectivity index (χ1) is 14.3. The number of sulfonamides is 2. The minimum absolute atomic E-state index is 0.0960.